The molecule has 2 rings (SSSR count). The summed E-state index contributed by atoms with van der Waals surface area (Å²) >= 11 is 0. The minimum Gasteiger partial charge on any atom is -0.508 e. The van der Waals surface area contributed by atoms with Crippen molar-refractivity contribution in [2.24, 2.45) is 0 Å². The second-order valence-electron chi connectivity index (χ2n) is 5.07. The molecular formula is C14H18O8. The number of hydrogen-bond acceptors (Lipinski definition) is 8. The Morgan fingerprint density at radius 3 is 2.55 bits per heavy atom. The smallest absolute Gasteiger partial charge is 0.310 e. The Morgan fingerprint density at radius 2 is 1.86 bits per heavy atom. The Balaban J connectivity index is 1.85. The molecular weight excluding hydrogens is 296 g/mol. The van der Waals surface area contributed by atoms with Crippen molar-refractivity contribution >= 4 is 5.97 Å². The number of hydrogen-bond donors (Lipinski definition) is 5. The molecule has 1 aliphatic rings. The lowest BCUT2D eigenvalue weighted by Gasteiger charge is -2.37. The molecule has 0 spiro atoms. The lowest BCUT2D eigenvalue weighted by molar-refractivity contribution is -0.287. The van der Waals surface area contributed by atoms with Gasteiger partial charge in [0, 0.05) is 0 Å². The van der Waals surface area contributed by atoms with Gasteiger partial charge in [0.25, 0.3) is 0 Å². The first-order valence-electron chi connectivity index (χ1n) is 6.69. The summed E-state index contributed by atoms with van der Waals surface area (Å²) in [6.45, 7) is -0.389. The maximum atomic E-state index is 11.7. The second-order valence-corrected chi connectivity index (χ2v) is 5.07. The zero-order valence-corrected chi connectivity index (χ0v) is 11.6. The molecule has 0 bridgehead atoms. The zero-order valence-electron chi connectivity index (χ0n) is 11.6. The van der Waals surface area contributed by atoms with Gasteiger partial charge < -0.3 is 35.0 Å². The highest BCUT2D eigenvalue weighted by Crippen LogP contribution is 2.20. The Labute approximate surface area is 126 Å². The van der Waals surface area contributed by atoms with Crippen LogP contribution in [0, 0.1) is 0 Å². The highest BCUT2D eigenvalue weighted by molar-refractivity contribution is 5.72. The number of carbonyl (C=O) groups excluding carboxylic acids is 1. The van der Waals surface area contributed by atoms with Crippen LogP contribution in [0.5, 0.6) is 5.75 Å². The predicted molar refractivity (Wildman–Crippen MR) is 71.7 cm³/mol. The number of ether oxygens (including phenoxy) is 2. The van der Waals surface area contributed by atoms with E-state index in [2.05, 4.69) is 0 Å². The van der Waals surface area contributed by atoms with Crippen molar-refractivity contribution in [1.29, 1.82) is 0 Å². The average molecular weight is 314 g/mol. The van der Waals surface area contributed by atoms with Gasteiger partial charge >= 0.3 is 5.97 Å². The van der Waals surface area contributed by atoms with E-state index in [1.807, 2.05) is 0 Å². The number of phenols is 1. The Hall–Kier alpha value is -1.71. The van der Waals surface area contributed by atoms with Gasteiger partial charge in [-0.1, -0.05) is 12.1 Å². The lowest BCUT2D eigenvalue weighted by Crippen LogP contribution is -2.58. The van der Waals surface area contributed by atoms with Crippen molar-refractivity contribution in [3.63, 3.8) is 0 Å². The molecule has 0 amide bonds. The van der Waals surface area contributed by atoms with Gasteiger partial charge in [0.1, 0.15) is 36.8 Å². The van der Waals surface area contributed by atoms with E-state index in [9.17, 15) is 30.3 Å². The fourth-order valence-electron chi connectivity index (χ4n) is 2.13. The van der Waals surface area contributed by atoms with E-state index in [0.29, 0.717) is 5.56 Å². The summed E-state index contributed by atoms with van der Waals surface area (Å²) < 4.78 is 9.80. The van der Waals surface area contributed by atoms with Gasteiger partial charge in [0.15, 0.2) is 6.29 Å². The number of aliphatic hydroxyl groups is 4. The molecule has 122 valence electrons. The summed E-state index contributed by atoms with van der Waals surface area (Å²) in [6, 6.07) is 6.10. The van der Waals surface area contributed by atoms with Crippen molar-refractivity contribution in [2.75, 3.05) is 6.61 Å². The molecule has 0 saturated carbocycles. The van der Waals surface area contributed by atoms with E-state index >= 15 is 0 Å². The Bertz CT molecular complexity index is 519. The average Bonchev–Trinajstić information content (AvgIpc) is 2.47. The first-order chi connectivity index (χ1) is 10.4. The van der Waals surface area contributed by atoms with E-state index in [4.69, 9.17) is 9.47 Å². The largest absolute Gasteiger partial charge is 0.508 e. The predicted octanol–water partition coefficient (Wildman–Crippen LogP) is -1.72. The quantitative estimate of drug-likeness (QED) is 0.414. The SMILES string of the molecule is O=C(Cc1cccc(O)c1)OC[C@H]1O[C@@H](O)[C@H](O)[C@@H](O)[C@@H]1O. The lowest BCUT2D eigenvalue weighted by atomic mass is 9.99. The minimum atomic E-state index is -1.67. The van der Waals surface area contributed by atoms with Gasteiger partial charge in [0.2, 0.25) is 0 Å². The topological polar surface area (TPSA) is 137 Å². The molecule has 0 aromatic heterocycles. The molecule has 1 saturated heterocycles. The van der Waals surface area contributed by atoms with E-state index in [-0.39, 0.29) is 18.8 Å². The first-order valence-corrected chi connectivity index (χ1v) is 6.69. The van der Waals surface area contributed by atoms with Crippen LogP contribution in [-0.4, -0.2) is 68.8 Å². The fourth-order valence-corrected chi connectivity index (χ4v) is 2.13. The van der Waals surface area contributed by atoms with Gasteiger partial charge in [-0.05, 0) is 17.7 Å². The van der Waals surface area contributed by atoms with Gasteiger partial charge in [-0.15, -0.1) is 0 Å². The third-order valence-electron chi connectivity index (χ3n) is 3.35. The minimum absolute atomic E-state index is 0.0246. The van der Waals surface area contributed by atoms with Gasteiger partial charge in [-0.2, -0.15) is 0 Å². The molecule has 0 aliphatic carbocycles. The zero-order chi connectivity index (χ0) is 16.3. The molecule has 22 heavy (non-hydrogen) atoms. The van der Waals surface area contributed by atoms with Gasteiger partial charge in [0.05, 0.1) is 6.42 Å². The number of phenolic OH excluding ortho intramolecular Hbond substituents is 1. The standard InChI is InChI=1S/C14H18O8/c15-8-3-1-2-7(4-8)5-10(16)21-6-9-11(17)12(18)13(19)14(20)22-9/h1-4,9,11-15,17-20H,5-6H2/t9-,11-,12+,13-,14-/m1/s1. The maximum absolute atomic E-state index is 11.7. The molecule has 8 nitrogen and oxygen atoms in total. The van der Waals surface area contributed by atoms with Crippen LogP contribution in [0.4, 0.5) is 0 Å². The van der Waals surface area contributed by atoms with Gasteiger partial charge in [-0.25, -0.2) is 0 Å². The van der Waals surface area contributed by atoms with Crippen LogP contribution >= 0.6 is 0 Å². The van der Waals surface area contributed by atoms with E-state index in [0.717, 1.165) is 0 Å². The molecule has 1 heterocycles. The molecule has 0 unspecified atom stereocenters. The summed E-state index contributed by atoms with van der Waals surface area (Å²) in [7, 11) is 0. The summed E-state index contributed by atoms with van der Waals surface area (Å²) in [4.78, 5) is 11.7. The van der Waals surface area contributed by atoms with Gasteiger partial charge in [-0.3, -0.25) is 4.79 Å². The number of benzene rings is 1. The normalized spacial score (nSPS) is 31.7. The number of carbonyl (C=O) groups is 1. The Kier molecular flexibility index (Phi) is 5.33. The van der Waals surface area contributed by atoms with Crippen molar-refractivity contribution in [3.8, 4) is 5.75 Å². The van der Waals surface area contributed by atoms with E-state index in [1.165, 1.54) is 12.1 Å². The van der Waals surface area contributed by atoms with Crippen LogP contribution in [0.15, 0.2) is 24.3 Å². The van der Waals surface area contributed by atoms with Crippen molar-refractivity contribution < 1.29 is 39.8 Å². The van der Waals surface area contributed by atoms with Crippen LogP contribution in [0.3, 0.4) is 0 Å². The molecule has 5 N–H and O–H groups in total. The van der Waals surface area contributed by atoms with Crippen molar-refractivity contribution in [2.45, 2.75) is 37.1 Å². The monoisotopic (exact) mass is 314 g/mol. The number of aliphatic hydroxyl groups excluding tert-OH is 4. The van der Waals surface area contributed by atoms with Crippen molar-refractivity contribution in [1.82, 2.24) is 0 Å². The first kappa shape index (κ1) is 16.7. The highest BCUT2D eigenvalue weighted by atomic mass is 16.6. The third-order valence-corrected chi connectivity index (χ3v) is 3.35. The van der Waals surface area contributed by atoms with Crippen LogP contribution in [0.2, 0.25) is 0 Å². The summed E-state index contributed by atoms with van der Waals surface area (Å²) in [6.07, 6.45) is -7.64. The van der Waals surface area contributed by atoms with Crippen LogP contribution in [0.1, 0.15) is 5.56 Å². The highest BCUT2D eigenvalue weighted by Gasteiger charge is 2.43. The molecule has 1 aromatic carbocycles. The van der Waals surface area contributed by atoms with Crippen LogP contribution in [-0.2, 0) is 20.7 Å². The summed E-state index contributed by atoms with van der Waals surface area (Å²) in [5.41, 5.74) is 0.547. The fraction of sp³-hybridized carbons (Fsp3) is 0.500. The molecule has 1 aliphatic heterocycles. The molecule has 0 radical (unpaired) electrons. The summed E-state index contributed by atoms with van der Waals surface area (Å²) in [5, 5.41) is 47.2. The number of esters is 1. The molecule has 1 fully saturated rings. The third kappa shape index (κ3) is 3.93. The molecule has 8 heteroatoms. The van der Waals surface area contributed by atoms with Crippen LogP contribution < -0.4 is 0 Å². The van der Waals surface area contributed by atoms with Crippen molar-refractivity contribution in [3.05, 3.63) is 29.8 Å². The van der Waals surface area contributed by atoms with E-state index in [1.54, 1.807) is 12.1 Å². The van der Waals surface area contributed by atoms with E-state index < -0.39 is 36.7 Å². The molecule has 5 atom stereocenters. The maximum Gasteiger partial charge on any atom is 0.310 e. The van der Waals surface area contributed by atoms with Crippen LogP contribution in [0.25, 0.3) is 0 Å². The number of rotatable bonds is 4. The molecule has 1 aromatic rings. The second kappa shape index (κ2) is 7.03. The number of aromatic hydroxyl groups is 1. The Morgan fingerprint density at radius 1 is 1.14 bits per heavy atom. The summed E-state index contributed by atoms with van der Waals surface area (Å²) in [5.74, 6) is -0.604.